The minimum atomic E-state index is -0.192. The Kier molecular flexibility index (Phi) is 9.76. The van der Waals surface area contributed by atoms with Gasteiger partial charge in [-0.15, -0.1) is 0 Å². The first-order valence-electron chi connectivity index (χ1n) is 17.3. The Morgan fingerprint density at radius 1 is 0.542 bits per heavy atom. The maximum absolute atomic E-state index is 13.3. The molecule has 0 spiro atoms. The summed E-state index contributed by atoms with van der Waals surface area (Å²) in [4.78, 5) is 58.1. The molecule has 0 aliphatic carbocycles. The van der Waals surface area contributed by atoms with Gasteiger partial charge in [-0.3, -0.25) is 29.0 Å². The molecule has 6 rings (SSSR count). The fourth-order valence-electron chi connectivity index (χ4n) is 7.58. The summed E-state index contributed by atoms with van der Waals surface area (Å²) < 4.78 is 0.842. The van der Waals surface area contributed by atoms with E-state index in [1.54, 1.807) is 0 Å². The number of benzene rings is 4. The molecule has 4 amide bonds. The number of unbranched alkanes of at least 4 members (excludes halogenated alkanes) is 2. The smallest absolute Gasteiger partial charge is 0.261 e. The fraction of sp³-hybridized carbons (Fsp3) is 0.400. The number of carbonyl (C=O) groups is 4. The number of imide groups is 2. The van der Waals surface area contributed by atoms with Crippen molar-refractivity contribution in [3.63, 3.8) is 0 Å². The molecule has 8 nitrogen and oxygen atoms in total. The van der Waals surface area contributed by atoms with Crippen molar-refractivity contribution in [2.24, 2.45) is 0 Å². The normalized spacial score (nSPS) is 15.4. The molecule has 4 aromatic rings. The molecule has 1 unspecified atom stereocenters. The first-order valence-corrected chi connectivity index (χ1v) is 17.3. The average Bonchev–Trinajstić information content (AvgIpc) is 3.07. The van der Waals surface area contributed by atoms with Crippen LogP contribution in [-0.4, -0.2) is 103 Å². The number of rotatable bonds is 15. The Morgan fingerprint density at radius 2 is 0.938 bits per heavy atom. The van der Waals surface area contributed by atoms with E-state index in [2.05, 4.69) is 33.1 Å². The van der Waals surface area contributed by atoms with Gasteiger partial charge in [0, 0.05) is 58.6 Å². The Hall–Kier alpha value is -4.40. The summed E-state index contributed by atoms with van der Waals surface area (Å²) in [5.41, 5.74) is 2.46. The van der Waals surface area contributed by atoms with E-state index in [0.717, 1.165) is 84.1 Å². The lowest BCUT2D eigenvalue weighted by atomic mass is 9.94. The van der Waals surface area contributed by atoms with Gasteiger partial charge in [0.05, 0.1) is 27.2 Å². The van der Waals surface area contributed by atoms with E-state index in [4.69, 9.17) is 0 Å². The largest absolute Gasteiger partial charge is 0.328 e. The SMILES string of the molecule is CN(C)C(CCCCC[N+](C)(C)CCCN1C(=O)c2cccc3cccc(c23)C1=O)CCCN1C(=O)c2cccc3cccc(c23)C1=O. The molecule has 0 radical (unpaired) electrons. The van der Waals surface area contributed by atoms with E-state index in [1.165, 1.54) is 9.80 Å². The Balaban J connectivity index is 0.923. The highest BCUT2D eigenvalue weighted by Crippen LogP contribution is 2.31. The lowest BCUT2D eigenvalue weighted by molar-refractivity contribution is -0.890. The molecule has 0 N–H and O–H groups in total. The molecular weight excluding hydrogens is 600 g/mol. The van der Waals surface area contributed by atoms with Crippen LogP contribution in [-0.2, 0) is 0 Å². The van der Waals surface area contributed by atoms with Gasteiger partial charge in [-0.1, -0.05) is 55.0 Å². The molecule has 0 bridgehead atoms. The van der Waals surface area contributed by atoms with Crippen molar-refractivity contribution in [2.75, 3.05) is 54.4 Å². The minimum absolute atomic E-state index is 0.191. The molecular formula is C40H47N4O4+. The van der Waals surface area contributed by atoms with E-state index in [9.17, 15) is 19.2 Å². The number of nitrogens with zero attached hydrogens (tertiary/aromatic N) is 4. The van der Waals surface area contributed by atoms with Crippen LogP contribution in [0.4, 0.5) is 0 Å². The second-order valence-electron chi connectivity index (χ2n) is 14.3. The van der Waals surface area contributed by atoms with Crippen LogP contribution in [0.1, 0.15) is 86.4 Å². The van der Waals surface area contributed by atoms with Crippen LogP contribution in [0, 0.1) is 0 Å². The van der Waals surface area contributed by atoms with Gasteiger partial charge in [0.25, 0.3) is 23.6 Å². The lowest BCUT2D eigenvalue weighted by Gasteiger charge is -2.32. The summed E-state index contributed by atoms with van der Waals surface area (Å²) in [6.07, 6.45) is 6.86. The fourth-order valence-corrected chi connectivity index (χ4v) is 7.58. The average molecular weight is 648 g/mol. The molecule has 2 aliphatic heterocycles. The van der Waals surface area contributed by atoms with Crippen LogP contribution in [0.3, 0.4) is 0 Å². The maximum atomic E-state index is 13.3. The van der Waals surface area contributed by atoms with Gasteiger partial charge >= 0.3 is 0 Å². The Morgan fingerprint density at radius 3 is 1.38 bits per heavy atom. The number of hydrogen-bond donors (Lipinski definition) is 0. The number of quaternary nitrogens is 1. The van der Waals surface area contributed by atoms with E-state index < -0.39 is 0 Å². The first-order chi connectivity index (χ1) is 23.1. The Bertz CT molecular complexity index is 1780. The molecule has 8 heteroatoms. The number of hydrogen-bond acceptors (Lipinski definition) is 5. The monoisotopic (exact) mass is 647 g/mol. The van der Waals surface area contributed by atoms with Crippen molar-refractivity contribution in [3.05, 3.63) is 95.1 Å². The van der Waals surface area contributed by atoms with E-state index in [0.29, 0.717) is 41.4 Å². The summed E-state index contributed by atoms with van der Waals surface area (Å²) in [5, 5.41) is 3.40. The van der Waals surface area contributed by atoms with Crippen molar-refractivity contribution in [3.8, 4) is 0 Å². The number of amides is 4. The van der Waals surface area contributed by atoms with Gasteiger partial charge in [0.15, 0.2) is 0 Å². The zero-order chi connectivity index (χ0) is 34.0. The van der Waals surface area contributed by atoms with Gasteiger partial charge in [-0.25, -0.2) is 0 Å². The highest BCUT2D eigenvalue weighted by molar-refractivity contribution is 6.26. The van der Waals surface area contributed by atoms with Crippen LogP contribution in [0.15, 0.2) is 72.8 Å². The third-order valence-electron chi connectivity index (χ3n) is 10.3. The van der Waals surface area contributed by atoms with Gasteiger partial charge in [0.2, 0.25) is 0 Å². The third-order valence-corrected chi connectivity index (χ3v) is 10.3. The summed E-state index contributed by atoms with van der Waals surface area (Å²) in [6, 6.07) is 23.0. The van der Waals surface area contributed by atoms with Crippen molar-refractivity contribution < 1.29 is 23.7 Å². The van der Waals surface area contributed by atoms with E-state index in [1.807, 2.05) is 72.8 Å². The molecule has 0 saturated heterocycles. The second-order valence-corrected chi connectivity index (χ2v) is 14.3. The summed E-state index contributed by atoms with van der Waals surface area (Å²) >= 11 is 0. The summed E-state index contributed by atoms with van der Waals surface area (Å²) in [5.74, 6) is -0.767. The molecule has 1 atom stereocenters. The van der Waals surface area contributed by atoms with Gasteiger partial charge in [-0.2, -0.15) is 0 Å². The van der Waals surface area contributed by atoms with Gasteiger partial charge in [-0.05, 0) is 81.2 Å². The molecule has 0 saturated carbocycles. The van der Waals surface area contributed by atoms with E-state index in [-0.39, 0.29) is 23.6 Å². The van der Waals surface area contributed by atoms with Crippen LogP contribution in [0.25, 0.3) is 21.5 Å². The first kappa shape index (κ1) is 33.5. The predicted octanol–water partition coefficient (Wildman–Crippen LogP) is 6.62. The zero-order valence-electron chi connectivity index (χ0n) is 28.7. The predicted molar refractivity (Wildman–Crippen MR) is 190 cm³/mol. The third kappa shape index (κ3) is 6.64. The highest BCUT2D eigenvalue weighted by atomic mass is 16.2. The molecule has 2 aliphatic rings. The lowest BCUT2D eigenvalue weighted by Crippen LogP contribution is -2.45. The topological polar surface area (TPSA) is 78.0 Å². The highest BCUT2D eigenvalue weighted by Gasteiger charge is 2.34. The molecule has 0 aromatic heterocycles. The molecule has 48 heavy (non-hydrogen) atoms. The molecule has 4 aromatic carbocycles. The van der Waals surface area contributed by atoms with Gasteiger partial charge in [0.1, 0.15) is 0 Å². The van der Waals surface area contributed by atoms with Crippen molar-refractivity contribution >= 4 is 45.2 Å². The van der Waals surface area contributed by atoms with Crippen LogP contribution in [0.5, 0.6) is 0 Å². The van der Waals surface area contributed by atoms with Crippen molar-refractivity contribution in [1.29, 1.82) is 0 Å². The van der Waals surface area contributed by atoms with Crippen LogP contribution >= 0.6 is 0 Å². The quantitative estimate of drug-likeness (QED) is 0.0824. The zero-order valence-corrected chi connectivity index (χ0v) is 28.7. The molecule has 0 fully saturated rings. The maximum Gasteiger partial charge on any atom is 0.261 e. The van der Waals surface area contributed by atoms with E-state index >= 15 is 0 Å². The van der Waals surface area contributed by atoms with Gasteiger partial charge < -0.3 is 9.38 Å². The Labute approximate surface area is 283 Å². The second kappa shape index (κ2) is 14.0. The number of carbonyl (C=O) groups excluding carboxylic acids is 4. The van der Waals surface area contributed by atoms with Crippen LogP contribution < -0.4 is 0 Å². The minimum Gasteiger partial charge on any atom is -0.328 e. The summed E-state index contributed by atoms with van der Waals surface area (Å²) in [6.45, 7) is 2.76. The standard InChI is InChI=1S/C40H47N4O4/c1-41(2)30(19-12-24-42-37(45)31-20-8-14-28-15-9-21-32(35(28)31)38(42)46)18-6-5-7-26-44(3,4)27-13-25-43-39(47)33-22-10-16-29-17-11-23-34(36(29)33)40(43)48/h8-11,14-17,20-23,30H,5-7,12-13,18-19,24-27H2,1-4H3/q+1. The molecule has 2 heterocycles. The van der Waals surface area contributed by atoms with Crippen LogP contribution in [0.2, 0.25) is 0 Å². The van der Waals surface area contributed by atoms with Crippen molar-refractivity contribution in [2.45, 2.75) is 51.0 Å². The summed E-state index contributed by atoms with van der Waals surface area (Å²) in [7, 11) is 8.66. The molecule has 250 valence electrons. The van der Waals surface area contributed by atoms with Crippen molar-refractivity contribution in [1.82, 2.24) is 14.7 Å².